The first-order valence-corrected chi connectivity index (χ1v) is 5.77. The number of halogens is 2. The summed E-state index contributed by atoms with van der Waals surface area (Å²) in [6, 6.07) is 13.3. The fraction of sp³-hybridized carbons (Fsp3) is 0. The molecule has 0 radical (unpaired) electrons. The minimum atomic E-state index is -0.494. The summed E-state index contributed by atoms with van der Waals surface area (Å²) in [7, 11) is 0. The highest BCUT2D eigenvalue weighted by atomic mass is 35.5. The van der Waals surface area contributed by atoms with Gasteiger partial charge < -0.3 is 0 Å². The molecule has 0 heterocycles. The van der Waals surface area contributed by atoms with Gasteiger partial charge in [-0.25, -0.2) is 4.39 Å². The zero-order valence-corrected chi connectivity index (χ0v) is 10.2. The summed E-state index contributed by atoms with van der Waals surface area (Å²) in [5.74, 6) is -0.614. The van der Waals surface area contributed by atoms with Gasteiger partial charge >= 0.3 is 0 Å². The van der Waals surface area contributed by atoms with Crippen LogP contribution in [0.25, 0.3) is 6.08 Å². The van der Waals surface area contributed by atoms with Crippen LogP contribution in [0.4, 0.5) is 4.39 Å². The van der Waals surface area contributed by atoms with Crippen LogP contribution in [0, 0.1) is 5.82 Å². The van der Waals surface area contributed by atoms with Crippen molar-refractivity contribution in [1.82, 2.24) is 0 Å². The summed E-state index contributed by atoms with van der Waals surface area (Å²) in [5, 5.41) is 0.0709. The van der Waals surface area contributed by atoms with Crippen LogP contribution in [0.3, 0.4) is 0 Å². The molecule has 2 rings (SSSR count). The maximum absolute atomic E-state index is 13.2. The summed E-state index contributed by atoms with van der Waals surface area (Å²) >= 11 is 5.57. The molecule has 1 nitrogen and oxygen atoms in total. The Balaban J connectivity index is 2.16. The molecule has 90 valence electrons. The molecule has 0 N–H and O–H groups in total. The van der Waals surface area contributed by atoms with Gasteiger partial charge in [-0.3, -0.25) is 4.79 Å². The SMILES string of the molecule is O=C(/C=C/c1ccc(Cl)c(F)c1)c1ccccc1. The van der Waals surface area contributed by atoms with E-state index >= 15 is 0 Å². The van der Waals surface area contributed by atoms with Crippen LogP contribution >= 0.6 is 11.6 Å². The Morgan fingerprint density at radius 3 is 2.50 bits per heavy atom. The molecule has 0 amide bonds. The van der Waals surface area contributed by atoms with E-state index in [0.29, 0.717) is 11.1 Å². The minimum absolute atomic E-state index is 0.0709. The molecule has 0 aliphatic rings. The van der Waals surface area contributed by atoms with Crippen LogP contribution in [-0.2, 0) is 0 Å². The first-order chi connectivity index (χ1) is 8.66. The van der Waals surface area contributed by atoms with Gasteiger partial charge in [-0.2, -0.15) is 0 Å². The summed E-state index contributed by atoms with van der Waals surface area (Å²) in [5.41, 5.74) is 1.20. The van der Waals surface area contributed by atoms with Gasteiger partial charge in [-0.15, -0.1) is 0 Å². The van der Waals surface area contributed by atoms with Crippen LogP contribution in [0.15, 0.2) is 54.6 Å². The predicted octanol–water partition coefficient (Wildman–Crippen LogP) is 4.38. The van der Waals surface area contributed by atoms with E-state index in [-0.39, 0.29) is 10.8 Å². The van der Waals surface area contributed by atoms with E-state index in [1.807, 2.05) is 6.07 Å². The summed E-state index contributed by atoms with van der Waals surface area (Å²) in [6.45, 7) is 0. The second-order valence-corrected chi connectivity index (χ2v) is 4.14. The highest BCUT2D eigenvalue weighted by molar-refractivity contribution is 6.30. The number of hydrogen-bond donors (Lipinski definition) is 0. The molecule has 0 aromatic heterocycles. The number of carbonyl (C=O) groups excluding carboxylic acids is 1. The lowest BCUT2D eigenvalue weighted by Gasteiger charge is -1.97. The standard InChI is InChI=1S/C15H10ClFO/c16-13-8-6-11(10-14(13)17)7-9-15(18)12-4-2-1-3-5-12/h1-10H/b9-7+. The number of hydrogen-bond acceptors (Lipinski definition) is 1. The number of ketones is 1. The molecule has 0 spiro atoms. The zero-order chi connectivity index (χ0) is 13.0. The topological polar surface area (TPSA) is 17.1 Å². The molecule has 0 bridgehead atoms. The van der Waals surface area contributed by atoms with Gasteiger partial charge in [0, 0.05) is 5.56 Å². The first-order valence-electron chi connectivity index (χ1n) is 5.39. The quantitative estimate of drug-likeness (QED) is 0.591. The molecule has 18 heavy (non-hydrogen) atoms. The molecule has 2 aromatic carbocycles. The molecule has 0 saturated heterocycles. The molecular formula is C15H10ClFO. The van der Waals surface area contributed by atoms with Crippen molar-refractivity contribution in [1.29, 1.82) is 0 Å². The van der Waals surface area contributed by atoms with Crippen molar-refractivity contribution in [3.63, 3.8) is 0 Å². The minimum Gasteiger partial charge on any atom is -0.289 e. The first kappa shape index (κ1) is 12.5. The van der Waals surface area contributed by atoms with E-state index in [0.717, 1.165) is 0 Å². The van der Waals surface area contributed by atoms with Gasteiger partial charge in [0.15, 0.2) is 5.78 Å². The maximum Gasteiger partial charge on any atom is 0.185 e. The van der Waals surface area contributed by atoms with E-state index in [1.54, 1.807) is 36.4 Å². The van der Waals surface area contributed by atoms with Crippen LogP contribution in [0.1, 0.15) is 15.9 Å². The van der Waals surface area contributed by atoms with Gasteiger partial charge in [-0.05, 0) is 23.8 Å². The Bertz CT molecular complexity index is 591. The Morgan fingerprint density at radius 2 is 1.83 bits per heavy atom. The number of carbonyl (C=O) groups is 1. The van der Waals surface area contributed by atoms with Gasteiger partial charge in [0.2, 0.25) is 0 Å². The molecule has 0 aliphatic carbocycles. The second kappa shape index (κ2) is 5.61. The smallest absolute Gasteiger partial charge is 0.185 e. The third kappa shape index (κ3) is 3.05. The molecule has 2 aromatic rings. The van der Waals surface area contributed by atoms with Crippen molar-refractivity contribution in [2.45, 2.75) is 0 Å². The highest BCUT2D eigenvalue weighted by Crippen LogP contribution is 2.16. The number of benzene rings is 2. The van der Waals surface area contributed by atoms with Gasteiger partial charge in [-0.1, -0.05) is 54.1 Å². The van der Waals surface area contributed by atoms with E-state index in [1.165, 1.54) is 18.2 Å². The molecule has 0 saturated carbocycles. The Kier molecular flexibility index (Phi) is 3.90. The summed E-state index contributed by atoms with van der Waals surface area (Å²) in [4.78, 5) is 11.8. The number of allylic oxidation sites excluding steroid dienone is 1. The van der Waals surface area contributed by atoms with Crippen molar-refractivity contribution >= 4 is 23.5 Å². The van der Waals surface area contributed by atoms with Crippen LogP contribution in [0.2, 0.25) is 5.02 Å². The Morgan fingerprint density at radius 1 is 1.11 bits per heavy atom. The van der Waals surface area contributed by atoms with Crippen molar-refractivity contribution < 1.29 is 9.18 Å². The largest absolute Gasteiger partial charge is 0.289 e. The zero-order valence-electron chi connectivity index (χ0n) is 9.44. The fourth-order valence-corrected chi connectivity index (χ4v) is 1.60. The Labute approximate surface area is 110 Å². The van der Waals surface area contributed by atoms with Crippen molar-refractivity contribution in [2.75, 3.05) is 0 Å². The van der Waals surface area contributed by atoms with E-state index in [9.17, 15) is 9.18 Å². The lowest BCUT2D eigenvalue weighted by Crippen LogP contribution is -1.92. The second-order valence-electron chi connectivity index (χ2n) is 3.74. The monoisotopic (exact) mass is 260 g/mol. The normalized spacial score (nSPS) is 10.8. The lowest BCUT2D eigenvalue weighted by atomic mass is 10.1. The third-order valence-electron chi connectivity index (χ3n) is 2.43. The fourth-order valence-electron chi connectivity index (χ4n) is 1.49. The van der Waals surface area contributed by atoms with Crippen LogP contribution in [0.5, 0.6) is 0 Å². The van der Waals surface area contributed by atoms with E-state index in [2.05, 4.69) is 0 Å². The average Bonchev–Trinajstić information content (AvgIpc) is 2.41. The molecular weight excluding hydrogens is 251 g/mol. The van der Waals surface area contributed by atoms with Crippen molar-refractivity contribution in [2.24, 2.45) is 0 Å². The Hall–Kier alpha value is -1.93. The highest BCUT2D eigenvalue weighted by Gasteiger charge is 2.01. The molecule has 0 unspecified atom stereocenters. The van der Waals surface area contributed by atoms with Gasteiger partial charge in [0.05, 0.1) is 5.02 Å². The number of rotatable bonds is 3. The predicted molar refractivity (Wildman–Crippen MR) is 71.2 cm³/mol. The molecule has 0 fully saturated rings. The van der Waals surface area contributed by atoms with Crippen LogP contribution < -0.4 is 0 Å². The van der Waals surface area contributed by atoms with Gasteiger partial charge in [0.1, 0.15) is 5.82 Å². The maximum atomic E-state index is 13.2. The lowest BCUT2D eigenvalue weighted by molar-refractivity contribution is 0.104. The molecule has 0 aliphatic heterocycles. The van der Waals surface area contributed by atoms with E-state index in [4.69, 9.17) is 11.6 Å². The van der Waals surface area contributed by atoms with Crippen molar-refractivity contribution in [3.8, 4) is 0 Å². The molecule has 0 atom stereocenters. The molecule has 3 heteroatoms. The average molecular weight is 261 g/mol. The third-order valence-corrected chi connectivity index (χ3v) is 2.74. The van der Waals surface area contributed by atoms with Crippen molar-refractivity contribution in [3.05, 3.63) is 76.6 Å². The summed E-state index contributed by atoms with van der Waals surface area (Å²) in [6.07, 6.45) is 2.98. The summed E-state index contributed by atoms with van der Waals surface area (Å²) < 4.78 is 13.2. The van der Waals surface area contributed by atoms with E-state index < -0.39 is 5.82 Å². The van der Waals surface area contributed by atoms with Gasteiger partial charge in [0.25, 0.3) is 0 Å². The van der Waals surface area contributed by atoms with Crippen LogP contribution in [-0.4, -0.2) is 5.78 Å².